The molecule has 2 heterocycles. The number of fused-ring (bicyclic) bond motifs is 1. The Morgan fingerprint density at radius 1 is 1.37 bits per heavy atom. The summed E-state index contributed by atoms with van der Waals surface area (Å²) in [7, 11) is 3.16. The largest absolute Gasteiger partial charge is 0.464 e. The number of para-hydroxylation sites is 1. The third-order valence-electron chi connectivity index (χ3n) is 3.14. The highest BCUT2D eigenvalue weighted by Gasteiger charge is 2.16. The summed E-state index contributed by atoms with van der Waals surface area (Å²) in [6, 6.07) is 9.74. The third kappa shape index (κ3) is 1.79. The highest BCUT2D eigenvalue weighted by molar-refractivity contribution is 5.96. The Bertz CT molecular complexity index is 755. The van der Waals surface area contributed by atoms with Crippen LogP contribution in [0.15, 0.2) is 36.5 Å². The number of hydrogen-bond donors (Lipinski definition) is 1. The number of nitrogens with one attached hydrogen (secondary N) is 1. The lowest BCUT2D eigenvalue weighted by molar-refractivity contribution is 0.0593. The van der Waals surface area contributed by atoms with Crippen LogP contribution in [0.4, 0.5) is 0 Å². The van der Waals surface area contributed by atoms with Crippen molar-refractivity contribution < 1.29 is 9.53 Å². The molecule has 96 valence electrons. The molecular formula is C14H13N3O2. The smallest absolute Gasteiger partial charge is 0.358 e. The molecular weight excluding hydrogens is 242 g/mol. The summed E-state index contributed by atoms with van der Waals surface area (Å²) in [5.41, 5.74) is 3.25. The number of aryl methyl sites for hydroxylation is 1. The highest BCUT2D eigenvalue weighted by Crippen LogP contribution is 2.28. The lowest BCUT2D eigenvalue weighted by Crippen LogP contribution is -2.02. The van der Waals surface area contributed by atoms with Crippen molar-refractivity contribution in [2.45, 2.75) is 0 Å². The number of carbonyl (C=O) groups is 1. The molecule has 0 atom stereocenters. The van der Waals surface area contributed by atoms with E-state index < -0.39 is 5.97 Å². The van der Waals surface area contributed by atoms with Gasteiger partial charge in [0.25, 0.3) is 0 Å². The summed E-state index contributed by atoms with van der Waals surface area (Å²) in [6.07, 6.45) is 1.92. The van der Waals surface area contributed by atoms with Crippen LogP contribution in [-0.4, -0.2) is 27.8 Å². The molecule has 1 aromatic carbocycles. The standard InChI is InChI=1S/C14H13N3O2/c1-17-13(7-12(16-17)14(18)19-2)10-8-15-11-6-4-3-5-9(10)11/h3-8,15H,1-2H3. The number of hydrogen-bond acceptors (Lipinski definition) is 3. The first-order valence-corrected chi connectivity index (χ1v) is 5.89. The molecule has 0 radical (unpaired) electrons. The van der Waals surface area contributed by atoms with Crippen LogP contribution in [0.5, 0.6) is 0 Å². The van der Waals surface area contributed by atoms with Crippen LogP contribution in [0.2, 0.25) is 0 Å². The molecule has 0 saturated heterocycles. The van der Waals surface area contributed by atoms with Crippen LogP contribution in [0.25, 0.3) is 22.2 Å². The van der Waals surface area contributed by atoms with E-state index in [0.29, 0.717) is 5.69 Å². The maximum Gasteiger partial charge on any atom is 0.358 e. The van der Waals surface area contributed by atoms with Gasteiger partial charge in [-0.15, -0.1) is 0 Å². The van der Waals surface area contributed by atoms with E-state index in [1.807, 2.05) is 37.5 Å². The fourth-order valence-corrected chi connectivity index (χ4v) is 2.21. The van der Waals surface area contributed by atoms with Crippen LogP contribution in [0.1, 0.15) is 10.5 Å². The SMILES string of the molecule is COC(=O)c1cc(-c2c[nH]c3ccccc23)n(C)n1. The molecule has 0 aliphatic heterocycles. The average molecular weight is 255 g/mol. The van der Waals surface area contributed by atoms with Crippen LogP contribution in [-0.2, 0) is 11.8 Å². The summed E-state index contributed by atoms with van der Waals surface area (Å²) in [4.78, 5) is 14.7. The van der Waals surface area contributed by atoms with Gasteiger partial charge in [-0.2, -0.15) is 5.10 Å². The number of H-pyrrole nitrogens is 1. The van der Waals surface area contributed by atoms with Gasteiger partial charge >= 0.3 is 5.97 Å². The zero-order valence-electron chi connectivity index (χ0n) is 10.7. The number of benzene rings is 1. The lowest BCUT2D eigenvalue weighted by atomic mass is 10.1. The number of aromatic amines is 1. The molecule has 0 aliphatic rings. The van der Waals surface area contributed by atoms with Crippen molar-refractivity contribution in [2.24, 2.45) is 7.05 Å². The van der Waals surface area contributed by atoms with E-state index in [1.165, 1.54) is 7.11 Å². The van der Waals surface area contributed by atoms with E-state index in [-0.39, 0.29) is 0 Å². The Hall–Kier alpha value is -2.56. The fourth-order valence-electron chi connectivity index (χ4n) is 2.21. The van der Waals surface area contributed by atoms with E-state index in [9.17, 15) is 4.79 Å². The van der Waals surface area contributed by atoms with Gasteiger partial charge in [-0.05, 0) is 12.1 Å². The van der Waals surface area contributed by atoms with Gasteiger partial charge in [-0.25, -0.2) is 4.79 Å². The van der Waals surface area contributed by atoms with Crippen molar-refractivity contribution >= 4 is 16.9 Å². The zero-order chi connectivity index (χ0) is 13.4. The van der Waals surface area contributed by atoms with E-state index in [2.05, 4.69) is 14.8 Å². The predicted molar refractivity (Wildman–Crippen MR) is 71.8 cm³/mol. The number of methoxy groups -OCH3 is 1. The lowest BCUT2D eigenvalue weighted by Gasteiger charge is -1.99. The zero-order valence-corrected chi connectivity index (χ0v) is 10.7. The minimum Gasteiger partial charge on any atom is -0.464 e. The molecule has 0 fully saturated rings. The van der Waals surface area contributed by atoms with E-state index >= 15 is 0 Å². The number of esters is 1. The maximum atomic E-state index is 11.5. The normalized spacial score (nSPS) is 10.8. The fraction of sp³-hybridized carbons (Fsp3) is 0.143. The summed E-state index contributed by atoms with van der Waals surface area (Å²) in [5.74, 6) is -0.429. The van der Waals surface area contributed by atoms with E-state index in [1.54, 1.807) is 10.7 Å². The number of nitrogens with zero attached hydrogens (tertiary/aromatic N) is 2. The monoisotopic (exact) mass is 255 g/mol. The minimum absolute atomic E-state index is 0.310. The van der Waals surface area contributed by atoms with Gasteiger partial charge in [-0.3, -0.25) is 4.68 Å². The first kappa shape index (κ1) is 11.5. The Morgan fingerprint density at radius 2 is 2.16 bits per heavy atom. The maximum absolute atomic E-state index is 11.5. The number of carbonyl (C=O) groups excluding carboxylic acids is 1. The Morgan fingerprint density at radius 3 is 2.95 bits per heavy atom. The van der Waals surface area contributed by atoms with Crippen molar-refractivity contribution in [1.82, 2.24) is 14.8 Å². The topological polar surface area (TPSA) is 59.9 Å². The first-order chi connectivity index (χ1) is 9.20. The molecule has 0 bridgehead atoms. The second-order valence-electron chi connectivity index (χ2n) is 4.28. The van der Waals surface area contributed by atoms with Gasteiger partial charge in [-0.1, -0.05) is 18.2 Å². The molecule has 3 rings (SSSR count). The number of ether oxygens (including phenoxy) is 1. The van der Waals surface area contributed by atoms with Crippen molar-refractivity contribution in [3.05, 3.63) is 42.2 Å². The van der Waals surface area contributed by atoms with Gasteiger partial charge < -0.3 is 9.72 Å². The molecule has 0 spiro atoms. The van der Waals surface area contributed by atoms with Crippen molar-refractivity contribution in [2.75, 3.05) is 7.11 Å². The van der Waals surface area contributed by atoms with Crippen LogP contribution in [0, 0.1) is 0 Å². The molecule has 5 nitrogen and oxygen atoms in total. The van der Waals surface area contributed by atoms with Gasteiger partial charge in [0.15, 0.2) is 5.69 Å². The Labute approximate surface area is 109 Å². The van der Waals surface area contributed by atoms with E-state index in [4.69, 9.17) is 0 Å². The summed E-state index contributed by atoms with van der Waals surface area (Å²) >= 11 is 0. The third-order valence-corrected chi connectivity index (χ3v) is 3.14. The van der Waals surface area contributed by atoms with Crippen molar-refractivity contribution in [1.29, 1.82) is 0 Å². The second kappa shape index (κ2) is 4.28. The minimum atomic E-state index is -0.429. The van der Waals surface area contributed by atoms with Gasteiger partial charge in [0.05, 0.1) is 12.8 Å². The van der Waals surface area contributed by atoms with Gasteiger partial charge in [0.2, 0.25) is 0 Å². The molecule has 1 N–H and O–H groups in total. The molecule has 0 saturated carbocycles. The predicted octanol–water partition coefficient (Wildman–Crippen LogP) is 2.36. The molecule has 19 heavy (non-hydrogen) atoms. The molecule has 0 aliphatic carbocycles. The summed E-state index contributed by atoms with van der Waals surface area (Å²) in [5, 5.41) is 5.27. The second-order valence-corrected chi connectivity index (χ2v) is 4.28. The summed E-state index contributed by atoms with van der Waals surface area (Å²) < 4.78 is 6.37. The molecule has 3 aromatic rings. The highest BCUT2D eigenvalue weighted by atomic mass is 16.5. The molecule has 0 amide bonds. The van der Waals surface area contributed by atoms with Crippen molar-refractivity contribution in [3.8, 4) is 11.3 Å². The van der Waals surface area contributed by atoms with Crippen LogP contribution >= 0.6 is 0 Å². The quantitative estimate of drug-likeness (QED) is 0.715. The molecule has 2 aromatic heterocycles. The number of rotatable bonds is 2. The summed E-state index contributed by atoms with van der Waals surface area (Å²) in [6.45, 7) is 0. The Kier molecular flexibility index (Phi) is 2.59. The Balaban J connectivity index is 2.16. The van der Waals surface area contributed by atoms with Crippen LogP contribution in [0.3, 0.4) is 0 Å². The molecule has 0 unspecified atom stereocenters. The van der Waals surface area contributed by atoms with Crippen LogP contribution < -0.4 is 0 Å². The van der Waals surface area contributed by atoms with E-state index in [0.717, 1.165) is 22.2 Å². The number of aromatic nitrogens is 3. The van der Waals surface area contributed by atoms with Gasteiger partial charge in [0.1, 0.15) is 0 Å². The van der Waals surface area contributed by atoms with Crippen molar-refractivity contribution in [3.63, 3.8) is 0 Å². The van der Waals surface area contributed by atoms with Gasteiger partial charge in [0, 0.05) is 29.7 Å². The molecule has 5 heteroatoms. The first-order valence-electron chi connectivity index (χ1n) is 5.89. The average Bonchev–Trinajstić information content (AvgIpc) is 3.01.